The van der Waals surface area contributed by atoms with E-state index >= 15 is 0 Å². The summed E-state index contributed by atoms with van der Waals surface area (Å²) in [7, 11) is 0. The lowest BCUT2D eigenvalue weighted by atomic mass is 9.81. The van der Waals surface area contributed by atoms with Crippen molar-refractivity contribution in [2.24, 2.45) is 0 Å². The van der Waals surface area contributed by atoms with Gasteiger partial charge >= 0.3 is 0 Å². The minimum Gasteiger partial charge on any atom is -0.389 e. The van der Waals surface area contributed by atoms with E-state index in [-0.39, 0.29) is 0 Å². The number of benzene rings is 1. The molecule has 4 heteroatoms. The summed E-state index contributed by atoms with van der Waals surface area (Å²) in [6, 6.07) is 3.68. The molecular weight excluding hydrogens is 256 g/mol. The van der Waals surface area contributed by atoms with E-state index in [1.165, 1.54) is 0 Å². The summed E-state index contributed by atoms with van der Waals surface area (Å²) < 4.78 is 0. The second-order valence-corrected chi connectivity index (χ2v) is 7.25. The molecule has 1 aromatic carbocycles. The Morgan fingerprint density at radius 1 is 0.700 bits per heavy atom. The number of hydrogen-bond acceptors (Lipinski definition) is 4. The van der Waals surface area contributed by atoms with Gasteiger partial charge in [0.2, 0.25) is 0 Å². The quantitative estimate of drug-likeness (QED) is 0.572. The summed E-state index contributed by atoms with van der Waals surface area (Å²) in [4.78, 5) is 0. The predicted octanol–water partition coefficient (Wildman–Crippen LogP) is 1.06. The van der Waals surface area contributed by atoms with Gasteiger partial charge in [0.05, 0.1) is 12.2 Å². The van der Waals surface area contributed by atoms with Crippen LogP contribution in [-0.4, -0.2) is 32.6 Å². The van der Waals surface area contributed by atoms with E-state index in [0.29, 0.717) is 11.1 Å². The highest BCUT2D eigenvalue weighted by Crippen LogP contribution is 2.51. The van der Waals surface area contributed by atoms with Crippen LogP contribution in [0, 0.1) is 0 Å². The summed E-state index contributed by atoms with van der Waals surface area (Å²) in [5.74, 6) is 0. The van der Waals surface area contributed by atoms with Crippen molar-refractivity contribution in [3.63, 3.8) is 0 Å². The van der Waals surface area contributed by atoms with Crippen LogP contribution in [-0.2, 0) is 10.8 Å². The van der Waals surface area contributed by atoms with Crippen LogP contribution in [0.15, 0.2) is 12.1 Å². The van der Waals surface area contributed by atoms with E-state index in [4.69, 9.17) is 0 Å². The van der Waals surface area contributed by atoms with Gasteiger partial charge in [-0.2, -0.15) is 0 Å². The molecule has 0 bridgehead atoms. The average Bonchev–Trinajstić information content (AvgIpc) is 2.67. The maximum absolute atomic E-state index is 10.2. The van der Waals surface area contributed by atoms with Crippen molar-refractivity contribution in [1.29, 1.82) is 0 Å². The van der Waals surface area contributed by atoms with Crippen LogP contribution in [0.2, 0.25) is 0 Å². The molecule has 20 heavy (non-hydrogen) atoms. The Morgan fingerprint density at radius 2 is 1.00 bits per heavy atom. The molecule has 0 saturated heterocycles. The predicted molar refractivity (Wildman–Crippen MR) is 74.4 cm³/mol. The Bertz CT molecular complexity index is 524. The van der Waals surface area contributed by atoms with Gasteiger partial charge in [0.15, 0.2) is 0 Å². The zero-order chi connectivity index (χ0) is 15.0. The molecule has 0 amide bonds. The van der Waals surface area contributed by atoms with Gasteiger partial charge < -0.3 is 20.4 Å². The number of aliphatic hydroxyl groups is 4. The fraction of sp³-hybridized carbons (Fsp3) is 0.625. The molecular formula is C16H22O4. The van der Waals surface area contributed by atoms with Crippen molar-refractivity contribution < 1.29 is 20.4 Å². The van der Waals surface area contributed by atoms with Gasteiger partial charge in [0.1, 0.15) is 12.2 Å². The van der Waals surface area contributed by atoms with Gasteiger partial charge in [0, 0.05) is 10.8 Å². The third kappa shape index (κ3) is 1.45. The van der Waals surface area contributed by atoms with Gasteiger partial charge in [-0.15, -0.1) is 0 Å². The molecule has 3 rings (SSSR count). The first-order valence-corrected chi connectivity index (χ1v) is 7.01. The Morgan fingerprint density at radius 3 is 1.30 bits per heavy atom. The van der Waals surface area contributed by atoms with E-state index in [1.807, 2.05) is 39.8 Å². The molecule has 0 saturated carbocycles. The smallest absolute Gasteiger partial charge is 0.106 e. The Balaban J connectivity index is 2.26. The maximum Gasteiger partial charge on any atom is 0.106 e. The first kappa shape index (κ1) is 14.0. The van der Waals surface area contributed by atoms with Gasteiger partial charge in [-0.25, -0.2) is 0 Å². The highest BCUT2D eigenvalue weighted by atomic mass is 16.3. The third-order valence-corrected chi connectivity index (χ3v) is 5.32. The van der Waals surface area contributed by atoms with E-state index in [9.17, 15) is 20.4 Å². The van der Waals surface area contributed by atoms with Gasteiger partial charge in [-0.3, -0.25) is 0 Å². The maximum atomic E-state index is 10.2. The summed E-state index contributed by atoms with van der Waals surface area (Å²) in [5, 5.41) is 40.9. The molecule has 0 fully saturated rings. The molecule has 110 valence electrons. The second kappa shape index (κ2) is 3.83. The van der Waals surface area contributed by atoms with Gasteiger partial charge in [-0.1, -0.05) is 39.8 Å². The van der Waals surface area contributed by atoms with Crippen LogP contribution in [0.5, 0.6) is 0 Å². The molecule has 0 radical (unpaired) electrons. The largest absolute Gasteiger partial charge is 0.389 e. The molecule has 4 nitrogen and oxygen atoms in total. The summed E-state index contributed by atoms with van der Waals surface area (Å²) in [6.45, 7) is 7.51. The standard InChI is InChI=1S/C16H22O4/c1-15(2)9-5-8-10(6-7(9)11(17)13(15)19)16(3,4)14(20)12(8)18/h5-6,11-14,17-20H,1-4H3. The Labute approximate surface area is 118 Å². The molecule has 2 aliphatic rings. The van der Waals surface area contributed by atoms with Crippen molar-refractivity contribution in [3.05, 3.63) is 34.4 Å². The minimum absolute atomic E-state index is 0.568. The van der Waals surface area contributed by atoms with E-state index < -0.39 is 35.2 Å². The van der Waals surface area contributed by atoms with E-state index in [2.05, 4.69) is 0 Å². The van der Waals surface area contributed by atoms with Crippen molar-refractivity contribution in [3.8, 4) is 0 Å². The normalized spacial score (nSPS) is 36.8. The number of hydrogen-bond donors (Lipinski definition) is 4. The molecule has 2 aliphatic carbocycles. The zero-order valence-electron chi connectivity index (χ0n) is 12.3. The molecule has 0 aromatic heterocycles. The lowest BCUT2D eigenvalue weighted by Gasteiger charge is -2.25. The molecule has 4 unspecified atom stereocenters. The molecule has 0 spiro atoms. The minimum atomic E-state index is -0.920. The highest BCUT2D eigenvalue weighted by Gasteiger charge is 2.50. The van der Waals surface area contributed by atoms with Crippen LogP contribution in [0.25, 0.3) is 0 Å². The fourth-order valence-corrected chi connectivity index (χ4v) is 3.69. The number of fused-ring (bicyclic) bond motifs is 2. The van der Waals surface area contributed by atoms with Gasteiger partial charge in [0.25, 0.3) is 0 Å². The van der Waals surface area contributed by atoms with Gasteiger partial charge in [-0.05, 0) is 22.3 Å². The summed E-state index contributed by atoms with van der Waals surface area (Å²) in [6.07, 6.45) is -3.55. The molecule has 1 aromatic rings. The van der Waals surface area contributed by atoms with Crippen LogP contribution in [0.3, 0.4) is 0 Å². The van der Waals surface area contributed by atoms with Crippen LogP contribution in [0.1, 0.15) is 62.2 Å². The lowest BCUT2D eigenvalue weighted by molar-refractivity contribution is -0.00741. The fourth-order valence-electron chi connectivity index (χ4n) is 3.69. The first-order chi connectivity index (χ1) is 9.10. The molecule has 0 aliphatic heterocycles. The summed E-state index contributed by atoms with van der Waals surface area (Å²) in [5.41, 5.74) is 1.97. The van der Waals surface area contributed by atoms with Crippen molar-refractivity contribution in [1.82, 2.24) is 0 Å². The van der Waals surface area contributed by atoms with Crippen LogP contribution in [0.4, 0.5) is 0 Å². The zero-order valence-corrected chi connectivity index (χ0v) is 12.3. The second-order valence-electron chi connectivity index (χ2n) is 7.25. The third-order valence-electron chi connectivity index (χ3n) is 5.32. The monoisotopic (exact) mass is 278 g/mol. The lowest BCUT2D eigenvalue weighted by Crippen LogP contribution is -2.31. The first-order valence-electron chi connectivity index (χ1n) is 7.01. The average molecular weight is 278 g/mol. The Hall–Kier alpha value is -0.940. The summed E-state index contributed by atoms with van der Waals surface area (Å²) >= 11 is 0. The SMILES string of the molecule is CC1(C)c2cc3c(cc2C(O)C1O)C(C)(C)C(O)C3O. The van der Waals surface area contributed by atoms with Crippen LogP contribution < -0.4 is 0 Å². The van der Waals surface area contributed by atoms with Crippen molar-refractivity contribution in [2.45, 2.75) is 62.9 Å². The van der Waals surface area contributed by atoms with Crippen LogP contribution >= 0.6 is 0 Å². The molecule has 4 N–H and O–H groups in total. The van der Waals surface area contributed by atoms with Crippen molar-refractivity contribution >= 4 is 0 Å². The van der Waals surface area contributed by atoms with E-state index in [1.54, 1.807) is 0 Å². The van der Waals surface area contributed by atoms with E-state index in [0.717, 1.165) is 11.1 Å². The number of aliphatic hydroxyl groups excluding tert-OH is 4. The Kier molecular flexibility index (Phi) is 2.68. The molecule has 0 heterocycles. The number of rotatable bonds is 0. The van der Waals surface area contributed by atoms with Crippen molar-refractivity contribution in [2.75, 3.05) is 0 Å². The highest BCUT2D eigenvalue weighted by molar-refractivity contribution is 5.53. The molecule has 4 atom stereocenters. The topological polar surface area (TPSA) is 80.9 Å².